The molecule has 1 aliphatic rings. The van der Waals surface area contributed by atoms with Gasteiger partial charge in [-0.25, -0.2) is 4.79 Å². The number of fused-ring (bicyclic) bond motifs is 3. The fraction of sp³-hybridized carbons (Fsp3) is 0.182. The van der Waals surface area contributed by atoms with Gasteiger partial charge in [-0.3, -0.25) is 0 Å². The van der Waals surface area contributed by atoms with Gasteiger partial charge in [0.2, 0.25) is 0 Å². The van der Waals surface area contributed by atoms with Crippen LogP contribution in [0.1, 0.15) is 20.9 Å². The number of nitrogens with one attached hydrogen (secondary N) is 1. The minimum atomic E-state index is -0.888. The predicted octanol–water partition coefficient (Wildman–Crippen LogP) is 2.54. The first-order valence-electron chi connectivity index (χ1n) is 4.77. The van der Waals surface area contributed by atoms with Gasteiger partial charge in [0.1, 0.15) is 5.69 Å². The third kappa shape index (κ3) is 1.22. The van der Waals surface area contributed by atoms with Crippen LogP contribution in [0.15, 0.2) is 17.5 Å². The van der Waals surface area contributed by atoms with Crippen molar-refractivity contribution >= 4 is 17.3 Å². The lowest BCUT2D eigenvalue weighted by molar-refractivity contribution is 0.0691. The van der Waals surface area contributed by atoms with E-state index in [0.29, 0.717) is 5.69 Å². The molecule has 2 aromatic rings. The van der Waals surface area contributed by atoms with E-state index < -0.39 is 5.97 Å². The van der Waals surface area contributed by atoms with Crippen molar-refractivity contribution < 1.29 is 9.90 Å². The second-order valence-corrected chi connectivity index (χ2v) is 4.65. The largest absolute Gasteiger partial charge is 0.477 e. The number of aromatic carboxylic acids is 1. The van der Waals surface area contributed by atoms with Crippen LogP contribution in [0.5, 0.6) is 0 Å². The summed E-state index contributed by atoms with van der Waals surface area (Å²) in [5.74, 6) is -0.888. The van der Waals surface area contributed by atoms with Crippen molar-refractivity contribution in [1.82, 2.24) is 4.98 Å². The minimum absolute atomic E-state index is 0.291. The van der Waals surface area contributed by atoms with Gasteiger partial charge in [-0.05, 0) is 35.9 Å². The van der Waals surface area contributed by atoms with Crippen molar-refractivity contribution in [3.63, 3.8) is 0 Å². The van der Waals surface area contributed by atoms with Gasteiger partial charge in [0, 0.05) is 10.4 Å². The average molecular weight is 219 g/mol. The summed E-state index contributed by atoms with van der Waals surface area (Å²) in [7, 11) is 0. The maximum Gasteiger partial charge on any atom is 0.352 e. The number of hydrogen-bond donors (Lipinski definition) is 2. The van der Waals surface area contributed by atoms with Crippen LogP contribution in [-0.2, 0) is 12.8 Å². The van der Waals surface area contributed by atoms with Gasteiger partial charge in [0.05, 0.1) is 5.69 Å². The summed E-state index contributed by atoms with van der Waals surface area (Å²) < 4.78 is 0. The summed E-state index contributed by atoms with van der Waals surface area (Å²) in [5.41, 5.74) is 3.58. The summed E-state index contributed by atoms with van der Waals surface area (Å²) in [6, 6.07) is 3.80. The number of carboxylic acid groups (broad SMARTS) is 1. The molecule has 1 aliphatic carbocycles. The van der Waals surface area contributed by atoms with E-state index >= 15 is 0 Å². The molecule has 2 N–H and O–H groups in total. The number of aromatic amines is 1. The molecule has 3 rings (SSSR count). The first-order valence-corrected chi connectivity index (χ1v) is 5.65. The lowest BCUT2D eigenvalue weighted by atomic mass is 9.97. The molecule has 0 spiro atoms. The Balaban J connectivity index is 2.20. The third-order valence-electron chi connectivity index (χ3n) is 2.77. The molecule has 0 fully saturated rings. The number of thiophene rings is 1. The smallest absolute Gasteiger partial charge is 0.352 e. The molecule has 15 heavy (non-hydrogen) atoms. The minimum Gasteiger partial charge on any atom is -0.477 e. The Morgan fingerprint density at radius 1 is 1.47 bits per heavy atom. The van der Waals surface area contributed by atoms with Gasteiger partial charge in [0.15, 0.2) is 0 Å². The number of aromatic nitrogens is 1. The number of H-pyrrole nitrogens is 1. The van der Waals surface area contributed by atoms with Crippen LogP contribution in [0, 0.1) is 0 Å². The summed E-state index contributed by atoms with van der Waals surface area (Å²) >= 11 is 1.74. The number of rotatable bonds is 1. The van der Waals surface area contributed by atoms with E-state index in [2.05, 4.69) is 16.4 Å². The maximum absolute atomic E-state index is 10.8. The molecule has 4 heteroatoms. The standard InChI is InChI=1S/C11H9NO2S/c13-11(14)8-5-6-1-2-9-7(3-4-15-9)10(6)12-8/h3-5,12H,1-2H2,(H,13,14). The van der Waals surface area contributed by atoms with E-state index in [1.165, 1.54) is 10.4 Å². The molecule has 0 atom stereocenters. The van der Waals surface area contributed by atoms with Crippen molar-refractivity contribution in [1.29, 1.82) is 0 Å². The zero-order valence-corrected chi connectivity index (χ0v) is 8.73. The molecular weight excluding hydrogens is 210 g/mol. The lowest BCUT2D eigenvalue weighted by Crippen LogP contribution is -1.98. The van der Waals surface area contributed by atoms with Gasteiger partial charge in [-0.15, -0.1) is 11.3 Å². The predicted molar refractivity (Wildman–Crippen MR) is 58.5 cm³/mol. The van der Waals surface area contributed by atoms with Gasteiger partial charge in [-0.2, -0.15) is 0 Å². The molecule has 0 bridgehead atoms. The summed E-state index contributed by atoms with van der Waals surface area (Å²) in [6.07, 6.45) is 1.96. The second-order valence-electron chi connectivity index (χ2n) is 3.65. The highest BCUT2D eigenvalue weighted by Gasteiger charge is 2.21. The molecule has 0 aliphatic heterocycles. The van der Waals surface area contributed by atoms with Crippen molar-refractivity contribution in [3.05, 3.63) is 33.6 Å². The highest BCUT2D eigenvalue weighted by Crippen LogP contribution is 2.36. The first-order chi connectivity index (χ1) is 7.25. The molecule has 76 valence electrons. The molecule has 2 heterocycles. The average Bonchev–Trinajstić information content (AvgIpc) is 2.82. The first kappa shape index (κ1) is 8.73. The monoisotopic (exact) mass is 219 g/mol. The van der Waals surface area contributed by atoms with Crippen molar-refractivity contribution in [3.8, 4) is 11.3 Å². The van der Waals surface area contributed by atoms with E-state index in [1.54, 1.807) is 17.4 Å². The Kier molecular flexibility index (Phi) is 1.73. The maximum atomic E-state index is 10.8. The summed E-state index contributed by atoms with van der Waals surface area (Å²) in [4.78, 5) is 15.2. The molecule has 0 saturated carbocycles. The van der Waals surface area contributed by atoms with Gasteiger partial charge in [-0.1, -0.05) is 0 Å². The molecule has 3 nitrogen and oxygen atoms in total. The fourth-order valence-electron chi connectivity index (χ4n) is 2.06. The Morgan fingerprint density at radius 2 is 2.33 bits per heavy atom. The summed E-state index contributed by atoms with van der Waals surface area (Å²) in [6.45, 7) is 0. The Bertz CT molecular complexity index is 539. The van der Waals surface area contributed by atoms with Crippen molar-refractivity contribution in [2.24, 2.45) is 0 Å². The second kappa shape index (κ2) is 2.97. The number of carboxylic acids is 1. The van der Waals surface area contributed by atoms with Crippen molar-refractivity contribution in [2.75, 3.05) is 0 Å². The van der Waals surface area contributed by atoms with Crippen LogP contribution in [0.3, 0.4) is 0 Å². The van der Waals surface area contributed by atoms with Crippen LogP contribution in [0.2, 0.25) is 0 Å². The van der Waals surface area contributed by atoms with Crippen LogP contribution < -0.4 is 0 Å². The topological polar surface area (TPSA) is 53.1 Å². The van der Waals surface area contributed by atoms with E-state index in [0.717, 1.165) is 24.1 Å². The van der Waals surface area contributed by atoms with Gasteiger partial charge >= 0.3 is 5.97 Å². The molecule has 0 radical (unpaired) electrons. The molecule has 0 unspecified atom stereocenters. The van der Waals surface area contributed by atoms with E-state index in [1.807, 2.05) is 0 Å². The molecule has 0 aromatic carbocycles. The van der Waals surface area contributed by atoms with Crippen LogP contribution in [0.4, 0.5) is 0 Å². The highest BCUT2D eigenvalue weighted by atomic mass is 32.1. The van der Waals surface area contributed by atoms with Gasteiger partial charge < -0.3 is 10.1 Å². The third-order valence-corrected chi connectivity index (χ3v) is 3.75. The SMILES string of the molecule is O=C(O)c1cc2c([nH]1)-c1ccsc1CC2. The quantitative estimate of drug-likeness (QED) is 0.774. The van der Waals surface area contributed by atoms with E-state index in [9.17, 15) is 4.79 Å². The van der Waals surface area contributed by atoms with E-state index in [-0.39, 0.29) is 0 Å². The molecule has 0 saturated heterocycles. The Labute approximate surface area is 90.4 Å². The lowest BCUT2D eigenvalue weighted by Gasteiger charge is -2.10. The van der Waals surface area contributed by atoms with Crippen LogP contribution in [-0.4, -0.2) is 16.1 Å². The molecule has 0 amide bonds. The summed E-state index contributed by atoms with van der Waals surface area (Å²) in [5, 5.41) is 11.0. The fourth-order valence-corrected chi connectivity index (χ4v) is 2.94. The van der Waals surface area contributed by atoms with Crippen LogP contribution in [0.25, 0.3) is 11.3 Å². The molecular formula is C11H9NO2S. The number of hydrogen-bond acceptors (Lipinski definition) is 2. The van der Waals surface area contributed by atoms with Crippen LogP contribution >= 0.6 is 11.3 Å². The van der Waals surface area contributed by atoms with Gasteiger partial charge in [0.25, 0.3) is 0 Å². The molecule has 2 aromatic heterocycles. The number of aryl methyl sites for hydroxylation is 2. The normalized spacial score (nSPS) is 13.3. The zero-order chi connectivity index (χ0) is 10.4. The highest BCUT2D eigenvalue weighted by molar-refractivity contribution is 7.10. The Morgan fingerprint density at radius 3 is 3.13 bits per heavy atom. The van der Waals surface area contributed by atoms with E-state index in [4.69, 9.17) is 5.11 Å². The number of carbonyl (C=O) groups is 1. The van der Waals surface area contributed by atoms with Crippen molar-refractivity contribution in [2.45, 2.75) is 12.8 Å². The Hall–Kier alpha value is -1.55. The zero-order valence-electron chi connectivity index (χ0n) is 7.91.